The lowest BCUT2D eigenvalue weighted by Crippen LogP contribution is -1.97. The fourth-order valence-electron chi connectivity index (χ4n) is 1.94. The van der Waals surface area contributed by atoms with Crippen LogP contribution in [0.25, 0.3) is 16.9 Å². The van der Waals surface area contributed by atoms with E-state index < -0.39 is 0 Å². The Hall–Kier alpha value is -2.63. The van der Waals surface area contributed by atoms with Crippen molar-refractivity contribution < 1.29 is 9.13 Å². The van der Waals surface area contributed by atoms with E-state index in [0.29, 0.717) is 17.0 Å². The van der Waals surface area contributed by atoms with Crippen LogP contribution in [0.3, 0.4) is 0 Å². The molecule has 0 radical (unpaired) electrons. The number of nitrogens with zero attached hydrogens (tertiary/aromatic N) is 3. The molecule has 6 heteroatoms. The SMILES string of the molecule is COc1ccc(F)cc1-c1[nH]ncc1-n1cccn1. The lowest BCUT2D eigenvalue weighted by atomic mass is 10.1. The maximum Gasteiger partial charge on any atom is 0.128 e. The third kappa shape index (κ3) is 1.97. The van der Waals surface area contributed by atoms with Gasteiger partial charge in [-0.3, -0.25) is 5.10 Å². The minimum Gasteiger partial charge on any atom is -0.496 e. The maximum atomic E-state index is 13.4. The standard InChI is InChI=1S/C13H11FN4O/c1-19-12-4-3-9(14)7-10(12)13-11(8-15-17-13)18-6-2-5-16-18/h2-8H,1H3,(H,15,17). The summed E-state index contributed by atoms with van der Waals surface area (Å²) < 4.78 is 20.3. The minimum absolute atomic E-state index is 0.336. The second-order valence-corrected chi connectivity index (χ2v) is 3.93. The second kappa shape index (κ2) is 4.56. The number of hydrogen-bond acceptors (Lipinski definition) is 3. The smallest absolute Gasteiger partial charge is 0.128 e. The summed E-state index contributed by atoms with van der Waals surface area (Å²) in [6.45, 7) is 0. The van der Waals surface area contributed by atoms with E-state index in [9.17, 15) is 4.39 Å². The summed E-state index contributed by atoms with van der Waals surface area (Å²) in [7, 11) is 1.54. The molecule has 3 aromatic rings. The van der Waals surface area contributed by atoms with Crippen molar-refractivity contribution in [2.24, 2.45) is 0 Å². The lowest BCUT2D eigenvalue weighted by Gasteiger charge is -2.09. The molecule has 96 valence electrons. The van der Waals surface area contributed by atoms with Gasteiger partial charge < -0.3 is 4.74 Å². The highest BCUT2D eigenvalue weighted by molar-refractivity contribution is 5.73. The minimum atomic E-state index is -0.336. The third-order valence-electron chi connectivity index (χ3n) is 2.80. The van der Waals surface area contributed by atoms with Gasteiger partial charge in [-0.15, -0.1) is 0 Å². The van der Waals surface area contributed by atoms with E-state index in [-0.39, 0.29) is 5.82 Å². The van der Waals surface area contributed by atoms with Gasteiger partial charge in [-0.05, 0) is 24.3 Å². The Morgan fingerprint density at radius 1 is 1.37 bits per heavy atom. The van der Waals surface area contributed by atoms with Crippen LogP contribution in [0.5, 0.6) is 5.75 Å². The van der Waals surface area contributed by atoms with Crippen LogP contribution in [-0.2, 0) is 0 Å². The van der Waals surface area contributed by atoms with Gasteiger partial charge in [-0.2, -0.15) is 10.2 Å². The van der Waals surface area contributed by atoms with Gasteiger partial charge in [-0.1, -0.05) is 0 Å². The van der Waals surface area contributed by atoms with Crippen molar-refractivity contribution in [3.8, 4) is 22.7 Å². The highest BCUT2D eigenvalue weighted by Gasteiger charge is 2.15. The molecule has 0 saturated heterocycles. The van der Waals surface area contributed by atoms with Crippen molar-refractivity contribution in [2.45, 2.75) is 0 Å². The topological polar surface area (TPSA) is 55.7 Å². The number of ether oxygens (including phenoxy) is 1. The van der Waals surface area contributed by atoms with Gasteiger partial charge in [0.15, 0.2) is 0 Å². The number of hydrogen-bond donors (Lipinski definition) is 1. The van der Waals surface area contributed by atoms with Crippen molar-refractivity contribution in [2.75, 3.05) is 7.11 Å². The van der Waals surface area contributed by atoms with Crippen molar-refractivity contribution >= 4 is 0 Å². The van der Waals surface area contributed by atoms with Crippen LogP contribution in [0.2, 0.25) is 0 Å². The van der Waals surface area contributed by atoms with Crippen LogP contribution in [0, 0.1) is 5.82 Å². The van der Waals surface area contributed by atoms with Crippen LogP contribution < -0.4 is 4.74 Å². The number of methoxy groups -OCH3 is 1. The summed E-state index contributed by atoms with van der Waals surface area (Å²) in [5.41, 5.74) is 1.99. The van der Waals surface area contributed by atoms with Crippen molar-refractivity contribution in [3.05, 3.63) is 48.7 Å². The first-order valence-electron chi connectivity index (χ1n) is 5.67. The van der Waals surface area contributed by atoms with Gasteiger partial charge in [0, 0.05) is 18.0 Å². The molecule has 1 aromatic carbocycles. The molecule has 2 aromatic heterocycles. The van der Waals surface area contributed by atoms with Gasteiger partial charge in [-0.25, -0.2) is 9.07 Å². The fraction of sp³-hybridized carbons (Fsp3) is 0.0769. The van der Waals surface area contributed by atoms with Gasteiger partial charge in [0.2, 0.25) is 0 Å². The number of rotatable bonds is 3. The van der Waals surface area contributed by atoms with Crippen molar-refractivity contribution in [1.82, 2.24) is 20.0 Å². The van der Waals surface area contributed by atoms with E-state index >= 15 is 0 Å². The summed E-state index contributed by atoms with van der Waals surface area (Å²) >= 11 is 0. The molecule has 0 aliphatic carbocycles. The molecule has 3 rings (SSSR count). The fourth-order valence-corrected chi connectivity index (χ4v) is 1.94. The average Bonchev–Trinajstić information content (AvgIpc) is 3.09. The largest absolute Gasteiger partial charge is 0.496 e. The number of nitrogens with one attached hydrogen (secondary N) is 1. The number of halogens is 1. The molecule has 19 heavy (non-hydrogen) atoms. The van der Waals surface area contributed by atoms with Crippen LogP contribution in [0.4, 0.5) is 4.39 Å². The normalized spacial score (nSPS) is 10.6. The quantitative estimate of drug-likeness (QED) is 0.784. The van der Waals surface area contributed by atoms with E-state index in [0.717, 1.165) is 5.69 Å². The summed E-state index contributed by atoms with van der Waals surface area (Å²) in [5.74, 6) is 0.232. The number of aromatic nitrogens is 4. The van der Waals surface area contributed by atoms with E-state index in [1.807, 2.05) is 0 Å². The Kier molecular flexibility index (Phi) is 2.75. The van der Waals surface area contributed by atoms with Gasteiger partial charge in [0.1, 0.15) is 17.3 Å². The van der Waals surface area contributed by atoms with Crippen LogP contribution >= 0.6 is 0 Å². The average molecular weight is 258 g/mol. The molecule has 0 bridgehead atoms. The highest BCUT2D eigenvalue weighted by Crippen LogP contribution is 2.32. The molecule has 5 nitrogen and oxygen atoms in total. The van der Waals surface area contributed by atoms with Gasteiger partial charge in [0.25, 0.3) is 0 Å². The molecule has 0 spiro atoms. The Labute approximate surface area is 108 Å². The molecule has 0 fully saturated rings. The lowest BCUT2D eigenvalue weighted by molar-refractivity contribution is 0.415. The van der Waals surface area contributed by atoms with Crippen molar-refractivity contribution in [3.63, 3.8) is 0 Å². The molecular formula is C13H11FN4O. The molecule has 0 aliphatic heterocycles. The maximum absolute atomic E-state index is 13.4. The first-order valence-corrected chi connectivity index (χ1v) is 5.67. The van der Waals surface area contributed by atoms with E-state index in [2.05, 4.69) is 15.3 Å². The Morgan fingerprint density at radius 3 is 3.00 bits per heavy atom. The zero-order valence-corrected chi connectivity index (χ0v) is 10.2. The molecule has 0 saturated carbocycles. The number of aromatic amines is 1. The second-order valence-electron chi connectivity index (χ2n) is 3.93. The Morgan fingerprint density at radius 2 is 2.26 bits per heavy atom. The molecule has 0 unspecified atom stereocenters. The zero-order chi connectivity index (χ0) is 13.2. The monoisotopic (exact) mass is 258 g/mol. The van der Waals surface area contributed by atoms with Gasteiger partial charge in [0.05, 0.1) is 19.0 Å². The van der Waals surface area contributed by atoms with Crippen LogP contribution in [-0.4, -0.2) is 27.1 Å². The third-order valence-corrected chi connectivity index (χ3v) is 2.80. The van der Waals surface area contributed by atoms with Crippen LogP contribution in [0.1, 0.15) is 0 Å². The molecule has 2 heterocycles. The first-order chi connectivity index (χ1) is 9.29. The zero-order valence-electron chi connectivity index (χ0n) is 10.2. The Balaban J connectivity index is 2.18. The van der Waals surface area contributed by atoms with E-state index in [1.165, 1.54) is 12.1 Å². The summed E-state index contributed by atoms with van der Waals surface area (Å²) in [4.78, 5) is 0. The van der Waals surface area contributed by atoms with Gasteiger partial charge >= 0.3 is 0 Å². The number of H-pyrrole nitrogens is 1. The highest BCUT2D eigenvalue weighted by atomic mass is 19.1. The van der Waals surface area contributed by atoms with Crippen LogP contribution in [0.15, 0.2) is 42.9 Å². The van der Waals surface area contributed by atoms with E-state index in [4.69, 9.17) is 4.74 Å². The van der Waals surface area contributed by atoms with Crippen molar-refractivity contribution in [1.29, 1.82) is 0 Å². The van der Waals surface area contributed by atoms with E-state index in [1.54, 1.807) is 42.5 Å². The molecule has 0 amide bonds. The predicted octanol–water partition coefficient (Wildman–Crippen LogP) is 2.41. The molecular weight excluding hydrogens is 247 g/mol. The molecule has 0 atom stereocenters. The Bertz CT molecular complexity index is 690. The molecule has 1 N–H and O–H groups in total. The summed E-state index contributed by atoms with van der Waals surface area (Å²) in [6, 6.07) is 6.14. The summed E-state index contributed by atoms with van der Waals surface area (Å²) in [6.07, 6.45) is 5.09. The first kappa shape index (κ1) is 11.5. The predicted molar refractivity (Wildman–Crippen MR) is 67.7 cm³/mol. The molecule has 0 aliphatic rings. The number of benzene rings is 1. The summed E-state index contributed by atoms with van der Waals surface area (Å²) in [5, 5.41) is 11.0.